The Morgan fingerprint density at radius 3 is 2.95 bits per heavy atom. The molecule has 1 aromatic carbocycles. The molecule has 2 aromatic heterocycles. The molecule has 2 heterocycles. The van der Waals surface area contributed by atoms with Gasteiger partial charge in [0.15, 0.2) is 0 Å². The van der Waals surface area contributed by atoms with E-state index in [1.165, 1.54) is 6.33 Å². The predicted molar refractivity (Wildman–Crippen MR) is 82.4 cm³/mol. The second kappa shape index (κ2) is 5.59. The minimum absolute atomic E-state index is 0.0460. The normalized spacial score (nSPS) is 12.5. The van der Waals surface area contributed by atoms with Crippen molar-refractivity contribution in [1.82, 2.24) is 29.6 Å². The van der Waals surface area contributed by atoms with Gasteiger partial charge in [0, 0.05) is 18.7 Å². The average molecular weight is 298 g/mol. The maximum atomic E-state index is 12.3. The van der Waals surface area contributed by atoms with Crippen LogP contribution in [0.2, 0.25) is 0 Å². The Kier molecular flexibility index (Phi) is 3.62. The lowest BCUT2D eigenvalue weighted by Gasteiger charge is -2.13. The maximum Gasteiger partial charge on any atom is 0.251 e. The van der Waals surface area contributed by atoms with Gasteiger partial charge in [-0.05, 0) is 32.0 Å². The molecule has 0 saturated carbocycles. The Bertz CT molecular complexity index is 805. The van der Waals surface area contributed by atoms with Crippen molar-refractivity contribution in [3.63, 3.8) is 0 Å². The zero-order chi connectivity index (χ0) is 15.7. The number of benzene rings is 1. The standard InChI is InChI=1S/C15H18N6O/c1-10(7-21-9-16-8-17-21)18-15(22)12-4-5-14-13(6-12)19-11(2)20(14)3/h4-6,8-10H,7H2,1-3H3,(H,18,22)/t10-/m0/s1. The van der Waals surface area contributed by atoms with Crippen LogP contribution in [0.1, 0.15) is 23.1 Å². The first-order valence-corrected chi connectivity index (χ1v) is 7.11. The van der Waals surface area contributed by atoms with Gasteiger partial charge in [-0.2, -0.15) is 5.10 Å². The van der Waals surface area contributed by atoms with Crippen molar-refractivity contribution in [2.24, 2.45) is 7.05 Å². The minimum Gasteiger partial charge on any atom is -0.348 e. The number of rotatable bonds is 4. The van der Waals surface area contributed by atoms with Crippen molar-refractivity contribution in [3.05, 3.63) is 42.2 Å². The molecule has 0 fully saturated rings. The molecule has 0 aliphatic carbocycles. The summed E-state index contributed by atoms with van der Waals surface area (Å²) in [6.07, 6.45) is 3.11. The SMILES string of the molecule is Cc1nc2cc(C(=O)N[C@@H](C)Cn3cncn3)ccc2n1C. The molecule has 0 bridgehead atoms. The average Bonchev–Trinajstić information content (AvgIpc) is 3.07. The van der Waals surface area contributed by atoms with Crippen LogP contribution in [0.5, 0.6) is 0 Å². The van der Waals surface area contributed by atoms with Gasteiger partial charge < -0.3 is 9.88 Å². The number of carbonyl (C=O) groups is 1. The van der Waals surface area contributed by atoms with Crippen LogP contribution < -0.4 is 5.32 Å². The molecule has 1 atom stereocenters. The topological polar surface area (TPSA) is 77.6 Å². The molecule has 0 spiro atoms. The third kappa shape index (κ3) is 2.69. The van der Waals surface area contributed by atoms with Gasteiger partial charge in [0.05, 0.1) is 17.6 Å². The zero-order valence-electron chi connectivity index (χ0n) is 12.8. The first kappa shape index (κ1) is 14.2. The van der Waals surface area contributed by atoms with Crippen LogP contribution in [0.3, 0.4) is 0 Å². The lowest BCUT2D eigenvalue weighted by Crippen LogP contribution is -2.35. The summed E-state index contributed by atoms with van der Waals surface area (Å²) in [4.78, 5) is 20.7. The van der Waals surface area contributed by atoms with Gasteiger partial charge in [-0.25, -0.2) is 9.97 Å². The van der Waals surface area contributed by atoms with Gasteiger partial charge in [-0.15, -0.1) is 0 Å². The summed E-state index contributed by atoms with van der Waals surface area (Å²) in [7, 11) is 1.96. The molecule has 0 aliphatic rings. The van der Waals surface area contributed by atoms with E-state index in [9.17, 15) is 4.79 Å². The molecule has 1 amide bonds. The van der Waals surface area contributed by atoms with Gasteiger partial charge >= 0.3 is 0 Å². The number of fused-ring (bicyclic) bond motifs is 1. The number of amides is 1. The second-order valence-electron chi connectivity index (χ2n) is 5.41. The van der Waals surface area contributed by atoms with E-state index in [2.05, 4.69) is 20.4 Å². The summed E-state index contributed by atoms with van der Waals surface area (Å²) in [6.45, 7) is 4.46. The first-order chi connectivity index (χ1) is 10.5. The quantitative estimate of drug-likeness (QED) is 0.787. The van der Waals surface area contributed by atoms with Gasteiger partial charge in [-0.3, -0.25) is 9.48 Å². The van der Waals surface area contributed by atoms with E-state index in [1.54, 1.807) is 11.0 Å². The molecular formula is C15H18N6O. The molecule has 114 valence electrons. The number of aromatic nitrogens is 5. The third-order valence-electron chi connectivity index (χ3n) is 3.67. The highest BCUT2D eigenvalue weighted by molar-refractivity contribution is 5.97. The van der Waals surface area contributed by atoms with Gasteiger partial charge in [0.1, 0.15) is 18.5 Å². The van der Waals surface area contributed by atoms with Gasteiger partial charge in [-0.1, -0.05) is 0 Å². The van der Waals surface area contributed by atoms with Crippen molar-refractivity contribution in [1.29, 1.82) is 0 Å². The smallest absolute Gasteiger partial charge is 0.251 e. The van der Waals surface area contributed by atoms with E-state index in [1.807, 2.05) is 43.7 Å². The highest BCUT2D eigenvalue weighted by Crippen LogP contribution is 2.16. The van der Waals surface area contributed by atoms with E-state index in [0.29, 0.717) is 12.1 Å². The molecule has 3 aromatic rings. The Morgan fingerprint density at radius 2 is 2.23 bits per heavy atom. The van der Waals surface area contributed by atoms with Crippen molar-refractivity contribution >= 4 is 16.9 Å². The summed E-state index contributed by atoms with van der Waals surface area (Å²) < 4.78 is 3.70. The fourth-order valence-electron chi connectivity index (χ4n) is 2.42. The summed E-state index contributed by atoms with van der Waals surface area (Å²) >= 11 is 0. The van der Waals surface area contributed by atoms with Crippen LogP contribution in [0.15, 0.2) is 30.9 Å². The summed E-state index contributed by atoms with van der Waals surface area (Å²) in [6, 6.07) is 5.52. The van der Waals surface area contributed by atoms with Gasteiger partial charge in [0.25, 0.3) is 5.91 Å². The predicted octanol–water partition coefficient (Wildman–Crippen LogP) is 1.29. The lowest BCUT2D eigenvalue weighted by atomic mass is 10.1. The van der Waals surface area contributed by atoms with E-state index >= 15 is 0 Å². The zero-order valence-corrected chi connectivity index (χ0v) is 12.8. The minimum atomic E-state index is -0.113. The Morgan fingerprint density at radius 1 is 1.41 bits per heavy atom. The van der Waals surface area contributed by atoms with Crippen molar-refractivity contribution < 1.29 is 4.79 Å². The molecule has 0 aliphatic heterocycles. The lowest BCUT2D eigenvalue weighted by molar-refractivity contribution is 0.0936. The van der Waals surface area contributed by atoms with E-state index in [4.69, 9.17) is 0 Å². The van der Waals surface area contributed by atoms with Crippen LogP contribution in [-0.2, 0) is 13.6 Å². The number of carbonyl (C=O) groups excluding carboxylic acids is 1. The summed E-state index contributed by atoms with van der Waals surface area (Å²) in [5.41, 5.74) is 2.46. The number of nitrogens with zero attached hydrogens (tertiary/aromatic N) is 5. The fraction of sp³-hybridized carbons (Fsp3) is 0.333. The third-order valence-corrected chi connectivity index (χ3v) is 3.67. The summed E-state index contributed by atoms with van der Waals surface area (Å²) in [5, 5.41) is 6.99. The fourth-order valence-corrected chi connectivity index (χ4v) is 2.42. The van der Waals surface area contributed by atoms with Crippen molar-refractivity contribution in [2.45, 2.75) is 26.4 Å². The van der Waals surface area contributed by atoms with Crippen molar-refractivity contribution in [2.75, 3.05) is 0 Å². The second-order valence-corrected chi connectivity index (χ2v) is 5.41. The number of imidazole rings is 1. The number of aryl methyl sites for hydroxylation is 2. The number of nitrogens with one attached hydrogen (secondary N) is 1. The highest BCUT2D eigenvalue weighted by atomic mass is 16.1. The molecule has 0 saturated heterocycles. The van der Waals surface area contributed by atoms with Crippen LogP contribution in [0, 0.1) is 6.92 Å². The summed E-state index contributed by atoms with van der Waals surface area (Å²) in [5.74, 6) is 0.810. The Balaban J connectivity index is 1.74. The molecule has 0 radical (unpaired) electrons. The number of hydrogen-bond donors (Lipinski definition) is 1. The number of hydrogen-bond acceptors (Lipinski definition) is 4. The van der Waals surface area contributed by atoms with Crippen LogP contribution >= 0.6 is 0 Å². The van der Waals surface area contributed by atoms with E-state index < -0.39 is 0 Å². The first-order valence-electron chi connectivity index (χ1n) is 7.11. The molecule has 7 nitrogen and oxygen atoms in total. The molecule has 3 rings (SSSR count). The molecule has 1 N–H and O–H groups in total. The van der Waals surface area contributed by atoms with Crippen LogP contribution in [-0.4, -0.2) is 36.3 Å². The van der Waals surface area contributed by atoms with E-state index in [-0.39, 0.29) is 11.9 Å². The molecular weight excluding hydrogens is 280 g/mol. The van der Waals surface area contributed by atoms with Gasteiger partial charge in [0.2, 0.25) is 0 Å². The van der Waals surface area contributed by atoms with E-state index in [0.717, 1.165) is 16.9 Å². The molecule has 7 heteroatoms. The Labute approximate surface area is 128 Å². The highest BCUT2D eigenvalue weighted by Gasteiger charge is 2.13. The maximum absolute atomic E-state index is 12.3. The largest absolute Gasteiger partial charge is 0.348 e. The molecule has 0 unspecified atom stereocenters. The molecule has 22 heavy (non-hydrogen) atoms. The Hall–Kier alpha value is -2.70. The van der Waals surface area contributed by atoms with Crippen molar-refractivity contribution in [3.8, 4) is 0 Å². The van der Waals surface area contributed by atoms with Crippen LogP contribution in [0.4, 0.5) is 0 Å². The monoisotopic (exact) mass is 298 g/mol. The van der Waals surface area contributed by atoms with Crippen LogP contribution in [0.25, 0.3) is 11.0 Å².